The van der Waals surface area contributed by atoms with Crippen molar-refractivity contribution in [2.45, 2.75) is 25.3 Å². The summed E-state index contributed by atoms with van der Waals surface area (Å²) in [7, 11) is 1.61. The van der Waals surface area contributed by atoms with Crippen LogP contribution in [0, 0.1) is 5.82 Å². The molecule has 34 heavy (non-hydrogen) atoms. The van der Waals surface area contributed by atoms with Crippen molar-refractivity contribution in [3.63, 3.8) is 0 Å². The van der Waals surface area contributed by atoms with E-state index in [9.17, 15) is 14.0 Å². The minimum atomic E-state index is -0.374. The van der Waals surface area contributed by atoms with Crippen LogP contribution in [-0.4, -0.2) is 56.0 Å². The van der Waals surface area contributed by atoms with Crippen LogP contribution in [0.3, 0.4) is 0 Å². The Hall–Kier alpha value is -4.08. The number of fused-ring (bicyclic) bond motifs is 1. The first-order valence-corrected chi connectivity index (χ1v) is 11.0. The van der Waals surface area contributed by atoms with E-state index in [-0.39, 0.29) is 28.7 Å². The molecule has 9 nitrogen and oxygen atoms in total. The number of rotatable bonds is 5. The Balaban J connectivity index is 1.34. The van der Waals surface area contributed by atoms with E-state index in [2.05, 4.69) is 15.3 Å². The lowest BCUT2D eigenvalue weighted by Crippen LogP contribution is -2.38. The predicted molar refractivity (Wildman–Crippen MR) is 122 cm³/mol. The second-order valence-corrected chi connectivity index (χ2v) is 8.30. The van der Waals surface area contributed by atoms with Gasteiger partial charge < -0.3 is 14.6 Å². The Kier molecular flexibility index (Phi) is 5.79. The number of hydrogen-bond acceptors (Lipinski definition) is 6. The van der Waals surface area contributed by atoms with Crippen LogP contribution in [-0.2, 0) is 6.54 Å². The van der Waals surface area contributed by atoms with Gasteiger partial charge in [0.1, 0.15) is 17.4 Å². The van der Waals surface area contributed by atoms with Gasteiger partial charge in [0.2, 0.25) is 0 Å². The van der Waals surface area contributed by atoms with E-state index < -0.39 is 0 Å². The smallest absolute Gasteiger partial charge is 0.281 e. The van der Waals surface area contributed by atoms with E-state index in [1.807, 2.05) is 24.3 Å². The van der Waals surface area contributed by atoms with Crippen LogP contribution in [0.5, 0.6) is 5.75 Å². The molecule has 0 unspecified atom stereocenters. The summed E-state index contributed by atoms with van der Waals surface area (Å²) in [5.41, 5.74) is 1.69. The summed E-state index contributed by atoms with van der Waals surface area (Å²) in [5.74, 6) is 0.794. The number of aromatic nitrogens is 5. The third kappa shape index (κ3) is 4.26. The van der Waals surface area contributed by atoms with Gasteiger partial charge in [-0.2, -0.15) is 0 Å². The summed E-state index contributed by atoms with van der Waals surface area (Å²) in [6.07, 6.45) is 1.30. The largest absolute Gasteiger partial charge is 0.497 e. The number of carbonyl (C=O) groups excluding carboxylic acids is 1. The molecule has 2 aromatic heterocycles. The fourth-order valence-corrected chi connectivity index (χ4v) is 4.26. The Bertz CT molecular complexity index is 1390. The molecule has 3 heterocycles. The zero-order valence-corrected chi connectivity index (χ0v) is 18.6. The van der Waals surface area contributed by atoms with Gasteiger partial charge in [0.05, 0.1) is 13.7 Å². The fraction of sp³-hybridized carbons (Fsp3) is 0.292. The van der Waals surface area contributed by atoms with Crippen LogP contribution < -0.4 is 10.3 Å². The van der Waals surface area contributed by atoms with Crippen molar-refractivity contribution in [3.05, 3.63) is 81.7 Å². The van der Waals surface area contributed by atoms with Crippen molar-refractivity contribution in [1.29, 1.82) is 0 Å². The van der Waals surface area contributed by atoms with Gasteiger partial charge in [0.15, 0.2) is 11.2 Å². The van der Waals surface area contributed by atoms with Gasteiger partial charge in [0, 0.05) is 24.6 Å². The number of H-pyrrole nitrogens is 1. The molecule has 1 aliphatic heterocycles. The number of methoxy groups -OCH3 is 1. The van der Waals surface area contributed by atoms with E-state index in [0.717, 1.165) is 11.3 Å². The Morgan fingerprint density at radius 3 is 2.68 bits per heavy atom. The highest BCUT2D eigenvalue weighted by Crippen LogP contribution is 2.26. The molecular weight excluding hydrogens is 439 g/mol. The number of nitrogens with zero attached hydrogens (tertiary/aromatic N) is 5. The number of likely N-dealkylation sites (tertiary alicyclic amines) is 1. The van der Waals surface area contributed by atoms with Crippen molar-refractivity contribution in [2.24, 2.45) is 0 Å². The maximum atomic E-state index is 13.2. The van der Waals surface area contributed by atoms with Gasteiger partial charge in [-0.3, -0.25) is 9.59 Å². The van der Waals surface area contributed by atoms with E-state index >= 15 is 0 Å². The minimum Gasteiger partial charge on any atom is -0.497 e. The molecule has 0 spiro atoms. The molecule has 10 heteroatoms. The molecular formula is C24H23FN6O3. The molecule has 0 aliphatic carbocycles. The number of amides is 1. The molecule has 1 aliphatic rings. The van der Waals surface area contributed by atoms with Crippen LogP contribution in [0.1, 0.15) is 40.5 Å². The van der Waals surface area contributed by atoms with E-state index in [1.165, 1.54) is 24.3 Å². The molecule has 5 rings (SSSR count). The van der Waals surface area contributed by atoms with Crippen molar-refractivity contribution in [3.8, 4) is 5.75 Å². The van der Waals surface area contributed by atoms with Crippen molar-refractivity contribution in [1.82, 2.24) is 29.9 Å². The number of carbonyl (C=O) groups is 1. The zero-order valence-electron chi connectivity index (χ0n) is 18.6. The maximum Gasteiger partial charge on any atom is 0.281 e. The van der Waals surface area contributed by atoms with Crippen molar-refractivity contribution in [2.75, 3.05) is 20.2 Å². The number of hydrogen-bond donors (Lipinski definition) is 1. The lowest BCUT2D eigenvalue weighted by Gasteiger charge is -2.31. The molecule has 1 fully saturated rings. The first kappa shape index (κ1) is 21.7. The summed E-state index contributed by atoms with van der Waals surface area (Å²) in [4.78, 5) is 34.7. The average molecular weight is 462 g/mol. The molecule has 1 saturated heterocycles. The molecule has 0 bridgehead atoms. The number of halogens is 1. The summed E-state index contributed by atoms with van der Waals surface area (Å²) in [6, 6.07) is 13.1. The van der Waals surface area contributed by atoms with Gasteiger partial charge in [-0.1, -0.05) is 17.3 Å². The number of nitrogens with one attached hydrogen (secondary N) is 1. The summed E-state index contributed by atoms with van der Waals surface area (Å²) < 4.78 is 20.0. The molecule has 0 radical (unpaired) electrons. The fourth-order valence-electron chi connectivity index (χ4n) is 4.26. The van der Waals surface area contributed by atoms with Crippen LogP contribution in [0.4, 0.5) is 4.39 Å². The molecule has 0 atom stereocenters. The Morgan fingerprint density at radius 2 is 1.94 bits per heavy atom. The highest BCUT2D eigenvalue weighted by Gasteiger charge is 2.27. The number of aromatic amines is 1. The molecule has 0 saturated carbocycles. The van der Waals surface area contributed by atoms with Crippen LogP contribution in [0.2, 0.25) is 0 Å². The molecule has 1 N–H and O–H groups in total. The lowest BCUT2D eigenvalue weighted by molar-refractivity contribution is 0.0711. The molecule has 174 valence electrons. The third-order valence-electron chi connectivity index (χ3n) is 6.12. The minimum absolute atomic E-state index is 0.00506. The first-order valence-electron chi connectivity index (χ1n) is 11.0. The third-order valence-corrected chi connectivity index (χ3v) is 6.12. The zero-order chi connectivity index (χ0) is 23.7. The highest BCUT2D eigenvalue weighted by atomic mass is 19.1. The summed E-state index contributed by atoms with van der Waals surface area (Å²) in [5, 5.41) is 8.15. The summed E-state index contributed by atoms with van der Waals surface area (Å²) in [6.45, 7) is 1.43. The molecule has 1 amide bonds. The monoisotopic (exact) mass is 462 g/mol. The standard InChI is InChI=1S/C24H23FN6O3/c1-34-19-4-2-3-15(13-19)14-31-22-20(28-29-31)23(32)27-21(26-22)16-9-11-30(12-10-16)24(33)17-5-7-18(25)8-6-17/h2-8,13,16H,9-12,14H2,1H3,(H,26,27,32). The topological polar surface area (TPSA) is 106 Å². The van der Waals surface area contributed by atoms with Crippen molar-refractivity contribution < 1.29 is 13.9 Å². The maximum absolute atomic E-state index is 13.2. The second-order valence-electron chi connectivity index (χ2n) is 8.30. The van der Waals surface area contributed by atoms with Crippen LogP contribution >= 0.6 is 0 Å². The van der Waals surface area contributed by atoms with E-state index in [1.54, 1.807) is 16.7 Å². The SMILES string of the molecule is COc1cccc(Cn2nnc3c(=O)[nH]c(C4CCN(C(=O)c5ccc(F)cc5)CC4)nc32)c1. The van der Waals surface area contributed by atoms with Gasteiger partial charge in [-0.05, 0) is 54.8 Å². The van der Waals surface area contributed by atoms with E-state index in [0.29, 0.717) is 49.5 Å². The van der Waals surface area contributed by atoms with Gasteiger partial charge >= 0.3 is 0 Å². The van der Waals surface area contributed by atoms with Crippen molar-refractivity contribution >= 4 is 17.1 Å². The van der Waals surface area contributed by atoms with E-state index in [4.69, 9.17) is 9.72 Å². The number of piperidine rings is 1. The normalized spacial score (nSPS) is 14.5. The predicted octanol–water partition coefficient (Wildman–Crippen LogP) is 2.73. The summed E-state index contributed by atoms with van der Waals surface area (Å²) >= 11 is 0. The van der Waals surface area contributed by atoms with Crippen LogP contribution in [0.15, 0.2) is 53.3 Å². The quantitative estimate of drug-likeness (QED) is 0.489. The van der Waals surface area contributed by atoms with Gasteiger partial charge in [-0.25, -0.2) is 14.1 Å². The molecule has 2 aromatic carbocycles. The second kappa shape index (κ2) is 9.05. The van der Waals surface area contributed by atoms with Gasteiger partial charge in [-0.15, -0.1) is 5.10 Å². The lowest BCUT2D eigenvalue weighted by atomic mass is 9.95. The Morgan fingerprint density at radius 1 is 1.18 bits per heavy atom. The van der Waals surface area contributed by atoms with Gasteiger partial charge in [0.25, 0.3) is 11.5 Å². The highest BCUT2D eigenvalue weighted by molar-refractivity contribution is 5.94. The van der Waals surface area contributed by atoms with Crippen LogP contribution in [0.25, 0.3) is 11.2 Å². The number of ether oxygens (including phenoxy) is 1. The first-order chi connectivity index (χ1) is 16.5. The molecule has 4 aromatic rings. The Labute approximate surface area is 194 Å². The average Bonchev–Trinajstić information content (AvgIpc) is 3.27. The number of benzene rings is 2.